The molecule has 4 aromatic rings. The molecular formula is C25H21F4NO2. The summed E-state index contributed by atoms with van der Waals surface area (Å²) >= 11 is 0. The van der Waals surface area contributed by atoms with E-state index in [0.717, 1.165) is 23.3 Å². The van der Waals surface area contributed by atoms with Crippen molar-refractivity contribution >= 4 is 16.9 Å². The highest BCUT2D eigenvalue weighted by Crippen LogP contribution is 2.37. The van der Waals surface area contributed by atoms with Crippen molar-refractivity contribution in [2.75, 3.05) is 7.11 Å². The van der Waals surface area contributed by atoms with Crippen molar-refractivity contribution < 1.29 is 27.1 Å². The monoisotopic (exact) mass is 443 g/mol. The third kappa shape index (κ3) is 4.51. The van der Waals surface area contributed by atoms with Gasteiger partial charge in [0, 0.05) is 16.5 Å². The molecule has 4 rings (SSSR count). The van der Waals surface area contributed by atoms with Crippen molar-refractivity contribution in [3.63, 3.8) is 0 Å². The van der Waals surface area contributed by atoms with Crippen LogP contribution in [0.1, 0.15) is 29.9 Å². The predicted molar refractivity (Wildman–Crippen MR) is 117 cm³/mol. The zero-order valence-corrected chi connectivity index (χ0v) is 17.7. The number of H-pyrrole nitrogens is 1. The Hall–Kier alpha value is -3.61. The summed E-state index contributed by atoms with van der Waals surface area (Å²) in [4.78, 5) is 15.3. The Morgan fingerprint density at radius 2 is 1.41 bits per heavy atom. The molecule has 0 unspecified atom stereocenters. The number of rotatable bonds is 3. The maximum Gasteiger partial charge on any atom is 0.416 e. The first-order valence-corrected chi connectivity index (χ1v) is 9.95. The van der Waals surface area contributed by atoms with Crippen molar-refractivity contribution in [3.8, 4) is 22.3 Å². The van der Waals surface area contributed by atoms with Crippen LogP contribution in [0.25, 0.3) is 33.2 Å². The molecule has 0 radical (unpaired) electrons. The standard InChI is InChI=1S/C23H15F4NO2.C2H6/c1-30-22(29)21-20(14-2-7-16(8-3-14)23(25,26)27)18-11-6-15(12-19(18)28-21)13-4-9-17(24)10-5-13;1-2/h2-12,28H,1H3;1-2H3. The molecule has 0 amide bonds. The minimum Gasteiger partial charge on any atom is -0.464 e. The van der Waals surface area contributed by atoms with Gasteiger partial charge in [-0.05, 0) is 47.0 Å². The highest BCUT2D eigenvalue weighted by Gasteiger charge is 2.30. The third-order valence-electron chi connectivity index (χ3n) is 4.87. The molecule has 0 aliphatic rings. The number of carbonyl (C=O) groups is 1. The van der Waals surface area contributed by atoms with Gasteiger partial charge in [0.05, 0.1) is 12.7 Å². The number of nitrogens with one attached hydrogen (secondary N) is 1. The lowest BCUT2D eigenvalue weighted by atomic mass is 9.98. The first-order valence-electron chi connectivity index (χ1n) is 9.95. The van der Waals surface area contributed by atoms with Crippen molar-refractivity contribution in [3.05, 3.63) is 83.8 Å². The minimum absolute atomic E-state index is 0.142. The van der Waals surface area contributed by atoms with E-state index in [1.165, 1.54) is 31.4 Å². The van der Waals surface area contributed by atoms with Crippen molar-refractivity contribution in [2.45, 2.75) is 20.0 Å². The van der Waals surface area contributed by atoms with Gasteiger partial charge in [-0.25, -0.2) is 9.18 Å². The molecule has 0 atom stereocenters. The largest absolute Gasteiger partial charge is 0.464 e. The van der Waals surface area contributed by atoms with E-state index in [2.05, 4.69) is 4.98 Å². The van der Waals surface area contributed by atoms with Crippen LogP contribution in [0.5, 0.6) is 0 Å². The Bertz CT molecular complexity index is 1220. The molecule has 1 heterocycles. The number of benzene rings is 3. The first kappa shape index (κ1) is 23.1. The zero-order valence-electron chi connectivity index (χ0n) is 17.7. The average molecular weight is 443 g/mol. The molecular weight excluding hydrogens is 422 g/mol. The fraction of sp³-hybridized carbons (Fsp3) is 0.160. The lowest BCUT2D eigenvalue weighted by Crippen LogP contribution is -2.05. The van der Waals surface area contributed by atoms with Gasteiger partial charge < -0.3 is 9.72 Å². The lowest BCUT2D eigenvalue weighted by Gasteiger charge is -2.09. The number of halogens is 4. The van der Waals surface area contributed by atoms with Crippen LogP contribution in [0.3, 0.4) is 0 Å². The highest BCUT2D eigenvalue weighted by molar-refractivity contribution is 6.08. The molecule has 0 bridgehead atoms. The SMILES string of the molecule is CC.COC(=O)c1[nH]c2cc(-c3ccc(F)cc3)ccc2c1-c1ccc(C(F)(F)F)cc1. The Morgan fingerprint density at radius 3 is 1.97 bits per heavy atom. The molecule has 3 aromatic carbocycles. The van der Waals surface area contributed by atoms with Gasteiger partial charge in [0.1, 0.15) is 11.5 Å². The first-order chi connectivity index (χ1) is 15.3. The Labute approximate surface area is 182 Å². The van der Waals surface area contributed by atoms with E-state index >= 15 is 0 Å². The minimum atomic E-state index is -4.45. The number of aromatic amines is 1. The van der Waals surface area contributed by atoms with Crippen molar-refractivity contribution in [1.82, 2.24) is 4.98 Å². The van der Waals surface area contributed by atoms with Gasteiger partial charge in [0.15, 0.2) is 0 Å². The van der Waals surface area contributed by atoms with Crippen molar-refractivity contribution in [2.24, 2.45) is 0 Å². The molecule has 0 saturated carbocycles. The summed E-state index contributed by atoms with van der Waals surface area (Å²) in [5.41, 5.74) is 2.45. The number of methoxy groups -OCH3 is 1. The van der Waals surface area contributed by atoms with E-state index in [-0.39, 0.29) is 11.5 Å². The van der Waals surface area contributed by atoms with Gasteiger partial charge in [-0.3, -0.25) is 0 Å². The molecule has 7 heteroatoms. The second kappa shape index (κ2) is 9.26. The number of ether oxygens (including phenoxy) is 1. The van der Waals surface area contributed by atoms with Crippen LogP contribution < -0.4 is 0 Å². The normalized spacial score (nSPS) is 11.1. The van der Waals surface area contributed by atoms with Gasteiger partial charge in [-0.2, -0.15) is 13.2 Å². The number of carbonyl (C=O) groups excluding carboxylic acids is 1. The lowest BCUT2D eigenvalue weighted by molar-refractivity contribution is -0.137. The molecule has 166 valence electrons. The van der Waals surface area contributed by atoms with Crippen LogP contribution >= 0.6 is 0 Å². The van der Waals surface area contributed by atoms with Crippen LogP contribution in [0.15, 0.2) is 66.7 Å². The van der Waals surface area contributed by atoms with Crippen LogP contribution in [0.4, 0.5) is 17.6 Å². The van der Waals surface area contributed by atoms with Crippen LogP contribution in [0.2, 0.25) is 0 Å². The predicted octanol–water partition coefficient (Wildman–Crippen LogP) is 7.47. The molecule has 32 heavy (non-hydrogen) atoms. The Morgan fingerprint density at radius 1 is 0.844 bits per heavy atom. The molecule has 1 aromatic heterocycles. The van der Waals surface area contributed by atoms with Crippen LogP contribution in [0, 0.1) is 5.82 Å². The van der Waals surface area contributed by atoms with E-state index < -0.39 is 17.7 Å². The van der Waals surface area contributed by atoms with Gasteiger partial charge in [0.2, 0.25) is 0 Å². The third-order valence-corrected chi connectivity index (χ3v) is 4.87. The van der Waals surface area contributed by atoms with Crippen molar-refractivity contribution in [1.29, 1.82) is 0 Å². The summed E-state index contributed by atoms with van der Waals surface area (Å²) in [6, 6.07) is 15.9. The quantitative estimate of drug-likeness (QED) is 0.264. The summed E-state index contributed by atoms with van der Waals surface area (Å²) in [5.74, 6) is -0.985. The number of alkyl halides is 3. The van der Waals surface area contributed by atoms with E-state index in [1.54, 1.807) is 30.3 Å². The number of esters is 1. The maximum absolute atomic E-state index is 13.2. The molecule has 0 spiro atoms. The van der Waals surface area contributed by atoms with Gasteiger partial charge >= 0.3 is 12.1 Å². The topological polar surface area (TPSA) is 42.1 Å². The maximum atomic E-state index is 13.2. The Kier molecular flexibility index (Phi) is 6.67. The Balaban J connectivity index is 0.00000141. The number of hydrogen-bond donors (Lipinski definition) is 1. The molecule has 0 aliphatic carbocycles. The van der Waals surface area contributed by atoms with E-state index in [9.17, 15) is 22.4 Å². The number of fused-ring (bicyclic) bond motifs is 1. The summed E-state index contributed by atoms with van der Waals surface area (Å²) in [5, 5.41) is 0.654. The number of hydrogen-bond acceptors (Lipinski definition) is 2. The molecule has 0 aliphatic heterocycles. The second-order valence-corrected chi connectivity index (χ2v) is 6.71. The zero-order chi connectivity index (χ0) is 23.5. The van der Waals surface area contributed by atoms with Crippen LogP contribution in [-0.2, 0) is 10.9 Å². The van der Waals surface area contributed by atoms with E-state index in [1.807, 2.05) is 13.8 Å². The molecule has 0 saturated heterocycles. The summed E-state index contributed by atoms with van der Waals surface area (Å²) in [6.45, 7) is 4.00. The van der Waals surface area contributed by atoms with E-state index in [4.69, 9.17) is 4.74 Å². The van der Waals surface area contributed by atoms with Gasteiger partial charge in [0.25, 0.3) is 0 Å². The average Bonchev–Trinajstić information content (AvgIpc) is 3.18. The van der Waals surface area contributed by atoms with Crippen LogP contribution in [-0.4, -0.2) is 18.1 Å². The number of aromatic nitrogens is 1. The smallest absolute Gasteiger partial charge is 0.416 e. The molecule has 0 fully saturated rings. The van der Waals surface area contributed by atoms with E-state index in [0.29, 0.717) is 22.0 Å². The summed E-state index contributed by atoms with van der Waals surface area (Å²) in [6.07, 6.45) is -4.45. The molecule has 1 N–H and O–H groups in total. The fourth-order valence-electron chi connectivity index (χ4n) is 3.40. The second-order valence-electron chi connectivity index (χ2n) is 6.71. The van der Waals surface area contributed by atoms with Gasteiger partial charge in [-0.1, -0.05) is 50.2 Å². The summed E-state index contributed by atoms with van der Waals surface area (Å²) in [7, 11) is 1.23. The summed E-state index contributed by atoms with van der Waals surface area (Å²) < 4.78 is 56.8. The highest BCUT2D eigenvalue weighted by atomic mass is 19.4. The van der Waals surface area contributed by atoms with Gasteiger partial charge in [-0.15, -0.1) is 0 Å². The molecule has 3 nitrogen and oxygen atoms in total. The fourth-order valence-corrected chi connectivity index (χ4v) is 3.40.